The molecule has 1 fully saturated rings. The van der Waals surface area contributed by atoms with Gasteiger partial charge in [0, 0.05) is 11.6 Å². The molecule has 4 nitrogen and oxygen atoms in total. The third-order valence-electron chi connectivity index (χ3n) is 4.42. The van der Waals surface area contributed by atoms with Gasteiger partial charge in [-0.2, -0.15) is 0 Å². The van der Waals surface area contributed by atoms with Crippen molar-refractivity contribution in [2.24, 2.45) is 5.92 Å². The Kier molecular flexibility index (Phi) is 5.88. The van der Waals surface area contributed by atoms with Gasteiger partial charge in [-0.1, -0.05) is 19.1 Å². The summed E-state index contributed by atoms with van der Waals surface area (Å²) in [5, 5.41) is 3.51. The molecule has 1 aromatic rings. The summed E-state index contributed by atoms with van der Waals surface area (Å²) in [4.78, 5) is 2.45. The lowest BCUT2D eigenvalue weighted by molar-refractivity contribution is 0.117. The van der Waals surface area contributed by atoms with E-state index in [0.717, 1.165) is 31.1 Å². The van der Waals surface area contributed by atoms with Crippen LogP contribution in [0, 0.1) is 5.92 Å². The number of benzene rings is 1. The highest BCUT2D eigenvalue weighted by Crippen LogP contribution is 2.42. The SMILES string of the molecule is CCNCC1CCCN(C)C1c1cccc(OC)c1OC. The summed E-state index contributed by atoms with van der Waals surface area (Å²) < 4.78 is 11.1. The van der Waals surface area contributed by atoms with Crippen molar-refractivity contribution in [3.63, 3.8) is 0 Å². The Hall–Kier alpha value is -1.26. The van der Waals surface area contributed by atoms with Crippen molar-refractivity contribution in [3.05, 3.63) is 23.8 Å². The highest BCUT2D eigenvalue weighted by atomic mass is 16.5. The lowest BCUT2D eigenvalue weighted by atomic mass is 9.84. The number of hydrogen-bond acceptors (Lipinski definition) is 4. The van der Waals surface area contributed by atoms with Gasteiger partial charge < -0.3 is 14.8 Å². The van der Waals surface area contributed by atoms with Crippen molar-refractivity contribution in [1.29, 1.82) is 0 Å². The average molecular weight is 292 g/mol. The molecular weight excluding hydrogens is 264 g/mol. The van der Waals surface area contributed by atoms with Gasteiger partial charge in [0.15, 0.2) is 11.5 Å². The van der Waals surface area contributed by atoms with Crippen molar-refractivity contribution in [1.82, 2.24) is 10.2 Å². The summed E-state index contributed by atoms with van der Waals surface area (Å²) in [6, 6.07) is 6.57. The molecule has 0 spiro atoms. The molecule has 1 aliphatic rings. The van der Waals surface area contributed by atoms with Crippen molar-refractivity contribution >= 4 is 0 Å². The van der Waals surface area contributed by atoms with Crippen LogP contribution in [-0.2, 0) is 0 Å². The summed E-state index contributed by atoms with van der Waals surface area (Å²) in [6.07, 6.45) is 2.51. The second kappa shape index (κ2) is 7.66. The standard InChI is InChI=1S/C17H28N2O2/c1-5-18-12-13-8-7-11-19(2)16(13)14-9-6-10-15(20-3)17(14)21-4/h6,9-10,13,16,18H,5,7-8,11-12H2,1-4H3. The van der Waals surface area contributed by atoms with E-state index in [2.05, 4.69) is 36.3 Å². The Balaban J connectivity index is 2.35. The van der Waals surface area contributed by atoms with E-state index in [9.17, 15) is 0 Å². The number of piperidine rings is 1. The highest BCUT2D eigenvalue weighted by molar-refractivity contribution is 5.48. The first-order chi connectivity index (χ1) is 10.2. The zero-order chi connectivity index (χ0) is 15.2. The first kappa shape index (κ1) is 16.1. The molecule has 118 valence electrons. The molecule has 1 N–H and O–H groups in total. The van der Waals surface area contributed by atoms with Gasteiger partial charge in [0.1, 0.15) is 0 Å². The van der Waals surface area contributed by atoms with E-state index in [0.29, 0.717) is 12.0 Å². The molecule has 0 aromatic heterocycles. The van der Waals surface area contributed by atoms with E-state index in [1.54, 1.807) is 14.2 Å². The normalized spacial score (nSPS) is 23.0. The number of methoxy groups -OCH3 is 2. The van der Waals surface area contributed by atoms with Crippen molar-refractivity contribution in [3.8, 4) is 11.5 Å². The molecule has 0 saturated carbocycles. The average Bonchev–Trinajstić information content (AvgIpc) is 2.52. The summed E-state index contributed by atoms with van der Waals surface area (Å²) in [5.74, 6) is 2.29. The lowest BCUT2D eigenvalue weighted by Gasteiger charge is -2.40. The van der Waals surface area contributed by atoms with Gasteiger partial charge >= 0.3 is 0 Å². The molecule has 4 heteroatoms. The molecule has 1 aliphatic heterocycles. The molecule has 1 aromatic carbocycles. The van der Waals surface area contributed by atoms with Crippen molar-refractivity contribution < 1.29 is 9.47 Å². The molecule has 0 bridgehead atoms. The Morgan fingerprint density at radius 2 is 2.10 bits per heavy atom. The number of nitrogens with one attached hydrogen (secondary N) is 1. The van der Waals surface area contributed by atoms with E-state index >= 15 is 0 Å². The maximum atomic E-state index is 5.65. The van der Waals surface area contributed by atoms with Crippen LogP contribution in [0.25, 0.3) is 0 Å². The molecule has 2 rings (SSSR count). The first-order valence-electron chi connectivity index (χ1n) is 7.84. The van der Waals surface area contributed by atoms with Gasteiger partial charge in [-0.3, -0.25) is 4.90 Å². The molecule has 0 aliphatic carbocycles. The van der Waals surface area contributed by atoms with Crippen molar-refractivity contribution in [2.75, 3.05) is 40.9 Å². The summed E-state index contributed by atoms with van der Waals surface area (Å²) in [6.45, 7) is 5.36. The predicted octanol–water partition coefficient (Wildman–Crippen LogP) is 2.70. The molecule has 2 atom stereocenters. The fourth-order valence-electron chi connectivity index (χ4n) is 3.44. The third-order valence-corrected chi connectivity index (χ3v) is 4.42. The van der Waals surface area contributed by atoms with Crippen LogP contribution in [0.3, 0.4) is 0 Å². The largest absolute Gasteiger partial charge is 0.493 e. The highest BCUT2D eigenvalue weighted by Gasteiger charge is 2.32. The zero-order valence-electron chi connectivity index (χ0n) is 13.7. The number of para-hydroxylation sites is 1. The number of hydrogen-bond donors (Lipinski definition) is 1. The summed E-state index contributed by atoms with van der Waals surface area (Å²) in [5.41, 5.74) is 1.24. The van der Waals surface area contributed by atoms with E-state index in [-0.39, 0.29) is 0 Å². The second-order valence-electron chi connectivity index (χ2n) is 5.72. The number of ether oxygens (including phenoxy) is 2. The van der Waals surface area contributed by atoms with Gasteiger partial charge in [0.05, 0.1) is 14.2 Å². The predicted molar refractivity (Wildman–Crippen MR) is 86.2 cm³/mol. The van der Waals surface area contributed by atoms with Crippen LogP contribution >= 0.6 is 0 Å². The Labute approximate surface area is 128 Å². The van der Waals surface area contributed by atoms with Crippen LogP contribution < -0.4 is 14.8 Å². The number of rotatable bonds is 6. The minimum absolute atomic E-state index is 0.378. The molecule has 1 saturated heterocycles. The van der Waals surface area contributed by atoms with Crippen LogP contribution in [0.1, 0.15) is 31.4 Å². The molecule has 21 heavy (non-hydrogen) atoms. The molecule has 0 radical (unpaired) electrons. The molecule has 0 amide bonds. The topological polar surface area (TPSA) is 33.7 Å². The number of nitrogens with zero attached hydrogens (tertiary/aromatic N) is 1. The van der Waals surface area contributed by atoms with E-state index in [4.69, 9.17) is 9.47 Å². The second-order valence-corrected chi connectivity index (χ2v) is 5.72. The van der Waals surface area contributed by atoms with E-state index in [1.165, 1.54) is 18.4 Å². The fraction of sp³-hybridized carbons (Fsp3) is 0.647. The van der Waals surface area contributed by atoms with Crippen LogP contribution in [0.2, 0.25) is 0 Å². The summed E-state index contributed by atoms with van der Waals surface area (Å²) in [7, 11) is 5.63. The minimum atomic E-state index is 0.378. The molecule has 1 heterocycles. The monoisotopic (exact) mass is 292 g/mol. The van der Waals surface area contributed by atoms with Gasteiger partial charge in [-0.25, -0.2) is 0 Å². The fourth-order valence-corrected chi connectivity index (χ4v) is 3.44. The smallest absolute Gasteiger partial charge is 0.165 e. The Morgan fingerprint density at radius 3 is 2.76 bits per heavy atom. The van der Waals surface area contributed by atoms with Crippen molar-refractivity contribution in [2.45, 2.75) is 25.8 Å². The summed E-state index contributed by atoms with van der Waals surface area (Å²) >= 11 is 0. The van der Waals surface area contributed by atoms with E-state index in [1.807, 2.05) is 6.07 Å². The number of likely N-dealkylation sites (tertiary alicyclic amines) is 1. The van der Waals surface area contributed by atoms with Gasteiger partial charge in [0.2, 0.25) is 0 Å². The Morgan fingerprint density at radius 1 is 1.29 bits per heavy atom. The molecular formula is C17H28N2O2. The van der Waals surface area contributed by atoms with Crippen LogP contribution in [0.5, 0.6) is 11.5 Å². The van der Waals surface area contributed by atoms with Crippen LogP contribution in [0.4, 0.5) is 0 Å². The van der Waals surface area contributed by atoms with Crippen LogP contribution in [-0.4, -0.2) is 45.8 Å². The van der Waals surface area contributed by atoms with E-state index < -0.39 is 0 Å². The Bertz CT molecular complexity index is 450. The third kappa shape index (κ3) is 3.50. The zero-order valence-corrected chi connectivity index (χ0v) is 13.7. The van der Waals surface area contributed by atoms with Gasteiger partial charge in [0.25, 0.3) is 0 Å². The quantitative estimate of drug-likeness (QED) is 0.874. The molecule has 2 unspecified atom stereocenters. The van der Waals surface area contributed by atoms with Crippen LogP contribution in [0.15, 0.2) is 18.2 Å². The van der Waals surface area contributed by atoms with Gasteiger partial charge in [-0.05, 0) is 51.5 Å². The minimum Gasteiger partial charge on any atom is -0.493 e. The maximum absolute atomic E-state index is 5.65. The maximum Gasteiger partial charge on any atom is 0.165 e. The first-order valence-corrected chi connectivity index (χ1v) is 7.84. The lowest BCUT2D eigenvalue weighted by Crippen LogP contribution is -2.40. The van der Waals surface area contributed by atoms with Gasteiger partial charge in [-0.15, -0.1) is 0 Å².